The highest BCUT2D eigenvalue weighted by molar-refractivity contribution is 6.21. The molecule has 0 aliphatic carbocycles. The standard InChI is InChI=1S/C18H19ClO/c1-2-5-13-8-10-14(11-9-13)18(19)16-12-20-17-7-4-3-6-15(16)17/h3-4,6-11,16,18H,2,5,12H2,1H3. The second-order valence-electron chi connectivity index (χ2n) is 5.35. The Morgan fingerprint density at radius 1 is 1.15 bits per heavy atom. The molecule has 1 aliphatic heterocycles. The number of benzene rings is 2. The Morgan fingerprint density at radius 3 is 2.65 bits per heavy atom. The molecule has 0 aromatic heterocycles. The van der Waals surface area contributed by atoms with Gasteiger partial charge in [0.2, 0.25) is 0 Å². The summed E-state index contributed by atoms with van der Waals surface area (Å²) in [6.45, 7) is 2.87. The Labute approximate surface area is 125 Å². The minimum absolute atomic E-state index is 0.0330. The van der Waals surface area contributed by atoms with E-state index in [1.807, 2.05) is 12.1 Å². The highest BCUT2D eigenvalue weighted by Crippen LogP contribution is 2.44. The fourth-order valence-electron chi connectivity index (χ4n) is 2.82. The quantitative estimate of drug-likeness (QED) is 0.711. The summed E-state index contributed by atoms with van der Waals surface area (Å²) in [6.07, 6.45) is 2.30. The second-order valence-corrected chi connectivity index (χ2v) is 5.82. The van der Waals surface area contributed by atoms with E-state index in [-0.39, 0.29) is 11.3 Å². The van der Waals surface area contributed by atoms with Crippen LogP contribution in [0, 0.1) is 0 Å². The van der Waals surface area contributed by atoms with E-state index < -0.39 is 0 Å². The number of hydrogen-bond acceptors (Lipinski definition) is 1. The predicted molar refractivity (Wildman–Crippen MR) is 83.7 cm³/mol. The Morgan fingerprint density at radius 2 is 1.90 bits per heavy atom. The molecule has 0 amide bonds. The van der Waals surface area contributed by atoms with E-state index in [9.17, 15) is 0 Å². The van der Waals surface area contributed by atoms with Crippen LogP contribution in [-0.2, 0) is 6.42 Å². The first kappa shape index (κ1) is 13.5. The molecule has 2 heteroatoms. The van der Waals surface area contributed by atoms with Gasteiger partial charge in [-0.25, -0.2) is 0 Å². The third-order valence-electron chi connectivity index (χ3n) is 3.93. The summed E-state index contributed by atoms with van der Waals surface area (Å²) < 4.78 is 5.73. The predicted octanol–water partition coefficient (Wildman–Crippen LogP) is 5.10. The molecular formula is C18H19ClO. The summed E-state index contributed by atoms with van der Waals surface area (Å²) in [5.74, 6) is 1.22. The molecule has 20 heavy (non-hydrogen) atoms. The fraction of sp³-hybridized carbons (Fsp3) is 0.333. The lowest BCUT2D eigenvalue weighted by atomic mass is 9.92. The molecule has 2 aromatic carbocycles. The summed E-state index contributed by atoms with van der Waals surface area (Å²) in [6, 6.07) is 16.9. The van der Waals surface area contributed by atoms with Crippen LogP contribution in [0.2, 0.25) is 0 Å². The van der Waals surface area contributed by atoms with Crippen LogP contribution < -0.4 is 4.74 Å². The molecular weight excluding hydrogens is 268 g/mol. The smallest absolute Gasteiger partial charge is 0.122 e. The third-order valence-corrected chi connectivity index (χ3v) is 4.48. The first-order valence-corrected chi connectivity index (χ1v) is 7.68. The van der Waals surface area contributed by atoms with Gasteiger partial charge in [-0.15, -0.1) is 11.6 Å². The van der Waals surface area contributed by atoms with Crippen LogP contribution in [0.15, 0.2) is 48.5 Å². The summed E-state index contributed by atoms with van der Waals surface area (Å²) >= 11 is 6.69. The van der Waals surface area contributed by atoms with Gasteiger partial charge in [0.1, 0.15) is 5.75 Å². The van der Waals surface area contributed by atoms with Crippen molar-refractivity contribution < 1.29 is 4.74 Å². The van der Waals surface area contributed by atoms with E-state index in [1.54, 1.807) is 0 Å². The topological polar surface area (TPSA) is 9.23 Å². The van der Waals surface area contributed by atoms with Gasteiger partial charge in [0, 0.05) is 11.5 Å². The summed E-state index contributed by atoms with van der Waals surface area (Å²) in [5.41, 5.74) is 3.78. The van der Waals surface area contributed by atoms with Crippen molar-refractivity contribution in [3.63, 3.8) is 0 Å². The maximum Gasteiger partial charge on any atom is 0.122 e. The van der Waals surface area contributed by atoms with Crippen molar-refractivity contribution in [1.29, 1.82) is 0 Å². The number of para-hydroxylation sites is 1. The molecule has 1 heterocycles. The lowest BCUT2D eigenvalue weighted by Crippen LogP contribution is -2.08. The molecule has 0 spiro atoms. The van der Waals surface area contributed by atoms with Gasteiger partial charge in [-0.1, -0.05) is 55.8 Å². The van der Waals surface area contributed by atoms with Gasteiger partial charge >= 0.3 is 0 Å². The normalized spacial score (nSPS) is 18.4. The van der Waals surface area contributed by atoms with E-state index >= 15 is 0 Å². The molecule has 1 nitrogen and oxygen atoms in total. The summed E-state index contributed by atoms with van der Waals surface area (Å²) in [4.78, 5) is 0. The first-order valence-electron chi connectivity index (χ1n) is 7.24. The van der Waals surface area contributed by atoms with Crippen molar-refractivity contribution >= 4 is 11.6 Å². The van der Waals surface area contributed by atoms with Gasteiger partial charge in [0.25, 0.3) is 0 Å². The molecule has 0 radical (unpaired) electrons. The van der Waals surface area contributed by atoms with Crippen molar-refractivity contribution in [2.45, 2.75) is 31.1 Å². The zero-order valence-corrected chi connectivity index (χ0v) is 12.4. The van der Waals surface area contributed by atoms with Gasteiger partial charge in [-0.2, -0.15) is 0 Å². The Hall–Kier alpha value is -1.47. The molecule has 2 unspecified atom stereocenters. The number of halogens is 1. The maximum absolute atomic E-state index is 6.69. The monoisotopic (exact) mass is 286 g/mol. The number of fused-ring (bicyclic) bond motifs is 1. The fourth-order valence-corrected chi connectivity index (χ4v) is 3.17. The molecule has 0 saturated carbocycles. The molecule has 0 saturated heterocycles. The van der Waals surface area contributed by atoms with Crippen LogP contribution in [0.4, 0.5) is 0 Å². The van der Waals surface area contributed by atoms with E-state index in [2.05, 4.69) is 43.3 Å². The molecule has 0 fully saturated rings. The Kier molecular flexibility index (Phi) is 3.98. The van der Waals surface area contributed by atoms with Crippen molar-refractivity contribution in [2.24, 2.45) is 0 Å². The summed E-state index contributed by atoms with van der Waals surface area (Å²) in [5, 5.41) is -0.0330. The van der Waals surface area contributed by atoms with Gasteiger partial charge in [-0.05, 0) is 23.6 Å². The molecule has 3 rings (SSSR count). The number of ether oxygens (including phenoxy) is 1. The van der Waals surface area contributed by atoms with Crippen LogP contribution in [-0.4, -0.2) is 6.61 Å². The van der Waals surface area contributed by atoms with Crippen molar-refractivity contribution in [3.8, 4) is 5.75 Å². The molecule has 2 atom stereocenters. The van der Waals surface area contributed by atoms with E-state index in [1.165, 1.54) is 23.1 Å². The highest BCUT2D eigenvalue weighted by Gasteiger charge is 2.30. The van der Waals surface area contributed by atoms with Gasteiger partial charge in [0.15, 0.2) is 0 Å². The van der Waals surface area contributed by atoms with Crippen LogP contribution in [0.1, 0.15) is 41.3 Å². The first-order chi connectivity index (χ1) is 9.79. The van der Waals surface area contributed by atoms with Crippen molar-refractivity contribution in [3.05, 3.63) is 65.2 Å². The summed E-state index contributed by atoms with van der Waals surface area (Å²) in [7, 11) is 0. The minimum atomic E-state index is -0.0330. The number of hydrogen-bond donors (Lipinski definition) is 0. The number of alkyl halides is 1. The molecule has 2 aromatic rings. The van der Waals surface area contributed by atoms with E-state index in [4.69, 9.17) is 16.3 Å². The van der Waals surface area contributed by atoms with Gasteiger partial charge < -0.3 is 4.74 Å². The lowest BCUT2D eigenvalue weighted by molar-refractivity contribution is 0.328. The highest BCUT2D eigenvalue weighted by atomic mass is 35.5. The van der Waals surface area contributed by atoms with Gasteiger partial charge in [0.05, 0.1) is 12.0 Å². The maximum atomic E-state index is 6.69. The van der Waals surface area contributed by atoms with Crippen LogP contribution in [0.25, 0.3) is 0 Å². The zero-order chi connectivity index (χ0) is 13.9. The van der Waals surface area contributed by atoms with Crippen molar-refractivity contribution in [1.82, 2.24) is 0 Å². The Bertz CT molecular complexity index is 576. The van der Waals surface area contributed by atoms with Gasteiger partial charge in [-0.3, -0.25) is 0 Å². The SMILES string of the molecule is CCCc1ccc(C(Cl)C2COc3ccccc32)cc1. The average Bonchev–Trinajstić information content (AvgIpc) is 2.92. The largest absolute Gasteiger partial charge is 0.493 e. The van der Waals surface area contributed by atoms with E-state index in [0.717, 1.165) is 12.2 Å². The molecule has 1 aliphatic rings. The lowest BCUT2D eigenvalue weighted by Gasteiger charge is -2.17. The number of rotatable bonds is 4. The molecule has 104 valence electrons. The van der Waals surface area contributed by atoms with Crippen molar-refractivity contribution in [2.75, 3.05) is 6.61 Å². The van der Waals surface area contributed by atoms with Crippen LogP contribution in [0.5, 0.6) is 5.75 Å². The van der Waals surface area contributed by atoms with Crippen LogP contribution in [0.3, 0.4) is 0 Å². The molecule has 0 bridgehead atoms. The number of aryl methyl sites for hydroxylation is 1. The third kappa shape index (κ3) is 2.55. The Balaban J connectivity index is 1.81. The zero-order valence-electron chi connectivity index (χ0n) is 11.7. The minimum Gasteiger partial charge on any atom is -0.493 e. The van der Waals surface area contributed by atoms with Crippen LogP contribution >= 0.6 is 11.6 Å². The average molecular weight is 287 g/mol. The van der Waals surface area contributed by atoms with E-state index in [0.29, 0.717) is 6.61 Å². The second kappa shape index (κ2) is 5.88. The molecule has 0 N–H and O–H groups in total.